The average Bonchev–Trinajstić information content (AvgIpc) is 3.63. The number of ether oxygens (including phenoxy) is 3. The minimum atomic E-state index is -0.986. The third-order valence-corrected chi connectivity index (χ3v) is 8.97. The van der Waals surface area contributed by atoms with Gasteiger partial charge in [-0.25, -0.2) is 4.79 Å². The first-order chi connectivity index (χ1) is 21.9. The van der Waals surface area contributed by atoms with Gasteiger partial charge in [0, 0.05) is 37.1 Å². The molecule has 12 heteroatoms. The van der Waals surface area contributed by atoms with E-state index in [1.807, 2.05) is 36.4 Å². The maximum atomic E-state index is 13.3. The van der Waals surface area contributed by atoms with Crippen molar-refractivity contribution < 1.29 is 28.9 Å². The number of hydrogen-bond donors (Lipinski definition) is 2. The number of morpholine rings is 1. The van der Waals surface area contributed by atoms with Gasteiger partial charge in [-0.2, -0.15) is 5.10 Å². The van der Waals surface area contributed by atoms with Crippen molar-refractivity contribution in [2.45, 2.75) is 6.42 Å². The fraction of sp³-hybridized carbons (Fsp3) is 0.273. The summed E-state index contributed by atoms with van der Waals surface area (Å²) in [5.41, 5.74) is 3.94. The molecule has 1 aromatic heterocycles. The number of thiocarbonyl (C=S) groups is 1. The van der Waals surface area contributed by atoms with Crippen molar-refractivity contribution in [1.29, 1.82) is 0 Å². The van der Waals surface area contributed by atoms with Gasteiger partial charge in [0.2, 0.25) is 0 Å². The van der Waals surface area contributed by atoms with Crippen LogP contribution in [0.1, 0.15) is 22.3 Å². The Hall–Kier alpha value is -4.23. The van der Waals surface area contributed by atoms with Crippen LogP contribution in [0.3, 0.4) is 0 Å². The van der Waals surface area contributed by atoms with Crippen LogP contribution in [0.4, 0.5) is 0 Å². The van der Waals surface area contributed by atoms with Crippen LogP contribution in [-0.4, -0.2) is 93.9 Å². The molecule has 0 unspecified atom stereocenters. The molecule has 3 heterocycles. The Morgan fingerprint density at radius 2 is 1.87 bits per heavy atom. The number of aromatic amines is 1. The van der Waals surface area contributed by atoms with Crippen LogP contribution >= 0.6 is 24.0 Å². The van der Waals surface area contributed by atoms with Crippen LogP contribution in [0.2, 0.25) is 0 Å². The van der Waals surface area contributed by atoms with Gasteiger partial charge < -0.3 is 19.3 Å². The summed E-state index contributed by atoms with van der Waals surface area (Å²) in [6.45, 7) is 5.44. The van der Waals surface area contributed by atoms with Gasteiger partial charge in [0.1, 0.15) is 22.4 Å². The second-order valence-corrected chi connectivity index (χ2v) is 12.3. The molecule has 232 valence electrons. The monoisotopic (exact) mass is 644 g/mol. The second-order valence-electron chi connectivity index (χ2n) is 10.6. The van der Waals surface area contributed by atoms with Crippen molar-refractivity contribution in [2.75, 3.05) is 52.6 Å². The Bertz CT molecular complexity index is 1730. The number of nitrogens with zero attached hydrogens (tertiary/aromatic N) is 3. The molecule has 0 bridgehead atoms. The lowest BCUT2D eigenvalue weighted by Gasteiger charge is -2.26. The molecule has 10 nitrogen and oxygen atoms in total. The topological polar surface area (TPSA) is 117 Å². The highest BCUT2D eigenvalue weighted by atomic mass is 32.2. The van der Waals surface area contributed by atoms with Crippen LogP contribution in [0, 0.1) is 0 Å². The molecule has 3 aromatic carbocycles. The predicted octanol–water partition coefficient (Wildman–Crippen LogP) is 5.31. The molecule has 0 spiro atoms. The number of rotatable bonds is 12. The van der Waals surface area contributed by atoms with Crippen LogP contribution in [0.25, 0.3) is 28.1 Å². The van der Waals surface area contributed by atoms with Gasteiger partial charge >= 0.3 is 5.97 Å². The third kappa shape index (κ3) is 7.54. The molecule has 2 N–H and O–H groups in total. The molecule has 2 fully saturated rings. The number of carboxylic acid groups (broad SMARTS) is 1. The number of aromatic nitrogens is 2. The molecule has 45 heavy (non-hydrogen) atoms. The number of benzene rings is 3. The van der Waals surface area contributed by atoms with Crippen LogP contribution in [0.5, 0.6) is 11.5 Å². The molecule has 0 atom stereocenters. The van der Waals surface area contributed by atoms with Gasteiger partial charge in [-0.1, -0.05) is 36.1 Å². The van der Waals surface area contributed by atoms with E-state index in [1.165, 1.54) is 23.9 Å². The summed E-state index contributed by atoms with van der Waals surface area (Å²) in [6.07, 6.45) is 4.24. The van der Waals surface area contributed by atoms with E-state index in [2.05, 4.69) is 21.2 Å². The quantitative estimate of drug-likeness (QED) is 0.119. The van der Waals surface area contributed by atoms with Gasteiger partial charge in [0.25, 0.3) is 5.91 Å². The summed E-state index contributed by atoms with van der Waals surface area (Å²) >= 11 is 6.83. The van der Waals surface area contributed by atoms with E-state index in [0.717, 1.165) is 66.2 Å². The first kappa shape index (κ1) is 30.8. The van der Waals surface area contributed by atoms with Gasteiger partial charge in [-0.3, -0.25) is 19.7 Å². The van der Waals surface area contributed by atoms with E-state index in [0.29, 0.717) is 41.2 Å². The minimum Gasteiger partial charge on any atom is -0.494 e. The van der Waals surface area contributed by atoms with E-state index >= 15 is 0 Å². The van der Waals surface area contributed by atoms with Gasteiger partial charge in [-0.15, -0.1) is 0 Å². The zero-order chi connectivity index (χ0) is 31.2. The third-order valence-electron chi connectivity index (χ3n) is 7.59. The Morgan fingerprint density at radius 3 is 2.67 bits per heavy atom. The summed E-state index contributed by atoms with van der Waals surface area (Å²) in [5.74, 6) is 0.220. The SMILES string of the molecule is O=C(O)c1ccc(OCCCN2C(=O)C(=Cc3ccc(OCCN4CCOCC4)c(-c4ccc5[nH]ncc5c4)c3)SC2=S)cc1. The summed E-state index contributed by atoms with van der Waals surface area (Å²) < 4.78 is 18.0. The highest BCUT2D eigenvalue weighted by Crippen LogP contribution is 2.36. The molecule has 2 aliphatic heterocycles. The van der Waals surface area contributed by atoms with Gasteiger partial charge in [0.05, 0.1) is 42.0 Å². The normalized spacial score (nSPS) is 16.5. The highest BCUT2D eigenvalue weighted by Gasteiger charge is 2.31. The van der Waals surface area contributed by atoms with Crippen molar-refractivity contribution in [3.63, 3.8) is 0 Å². The first-order valence-corrected chi connectivity index (χ1v) is 15.9. The Labute approximate surface area is 269 Å². The molecule has 2 aliphatic rings. The van der Waals surface area contributed by atoms with Gasteiger partial charge in [-0.05, 0) is 72.2 Å². The average molecular weight is 645 g/mol. The number of carboxylic acids is 1. The summed E-state index contributed by atoms with van der Waals surface area (Å²) in [5, 5.41) is 17.2. The van der Waals surface area contributed by atoms with Crippen molar-refractivity contribution in [1.82, 2.24) is 20.0 Å². The maximum Gasteiger partial charge on any atom is 0.335 e. The van der Waals surface area contributed by atoms with E-state index in [9.17, 15) is 9.59 Å². The number of hydrogen-bond acceptors (Lipinski definition) is 9. The summed E-state index contributed by atoms with van der Waals surface area (Å²) in [7, 11) is 0. The number of carbonyl (C=O) groups is 2. The number of H-pyrrole nitrogens is 1. The zero-order valence-corrected chi connectivity index (χ0v) is 26.1. The number of carbonyl (C=O) groups excluding carboxylic acids is 1. The van der Waals surface area contributed by atoms with Crippen molar-refractivity contribution >= 4 is 57.2 Å². The first-order valence-electron chi connectivity index (χ1n) is 14.7. The molecule has 2 saturated heterocycles. The van der Waals surface area contributed by atoms with Crippen LogP contribution < -0.4 is 9.47 Å². The zero-order valence-electron chi connectivity index (χ0n) is 24.4. The highest BCUT2D eigenvalue weighted by molar-refractivity contribution is 8.26. The molecule has 0 aliphatic carbocycles. The van der Waals surface area contributed by atoms with Crippen molar-refractivity contribution in [3.05, 3.63) is 82.9 Å². The molecule has 6 rings (SSSR count). The minimum absolute atomic E-state index is 0.136. The Kier molecular flexibility index (Phi) is 9.75. The second kappa shape index (κ2) is 14.2. The van der Waals surface area contributed by atoms with E-state index in [-0.39, 0.29) is 11.5 Å². The lowest BCUT2D eigenvalue weighted by molar-refractivity contribution is -0.122. The molecular formula is C33H32N4O6S2. The van der Waals surface area contributed by atoms with E-state index in [4.69, 9.17) is 31.5 Å². The maximum absolute atomic E-state index is 13.3. The summed E-state index contributed by atoms with van der Waals surface area (Å²) in [6, 6.07) is 18.3. The Morgan fingerprint density at radius 1 is 1.04 bits per heavy atom. The Balaban J connectivity index is 1.13. The molecule has 0 saturated carbocycles. The van der Waals surface area contributed by atoms with E-state index in [1.54, 1.807) is 23.2 Å². The number of fused-ring (bicyclic) bond motifs is 1. The lowest BCUT2D eigenvalue weighted by Crippen LogP contribution is -2.38. The number of aromatic carboxylic acids is 1. The molecule has 1 amide bonds. The molecular weight excluding hydrogens is 613 g/mol. The summed E-state index contributed by atoms with van der Waals surface area (Å²) in [4.78, 5) is 28.8. The molecule has 0 radical (unpaired) electrons. The number of thioether (sulfide) groups is 1. The number of amides is 1. The fourth-order valence-corrected chi connectivity index (χ4v) is 6.47. The molecule has 4 aromatic rings. The lowest BCUT2D eigenvalue weighted by atomic mass is 10.0. The van der Waals surface area contributed by atoms with Crippen molar-refractivity contribution in [3.8, 4) is 22.6 Å². The standard InChI is InChI=1S/C33H32N4O6S2/c38-31-30(45-33(44)37(31)10-1-14-42-26-6-3-23(4-7-26)32(39)40)19-22-2-9-29(43-17-13-36-11-15-41-16-12-36)27(18-22)24-5-8-28-25(20-24)21-34-35-28/h2-9,18-21H,1,10-17H2,(H,34,35)(H,39,40). The van der Waals surface area contributed by atoms with Crippen LogP contribution in [0.15, 0.2) is 71.8 Å². The smallest absolute Gasteiger partial charge is 0.335 e. The predicted molar refractivity (Wildman–Crippen MR) is 178 cm³/mol. The number of nitrogens with one attached hydrogen (secondary N) is 1. The fourth-order valence-electron chi connectivity index (χ4n) is 5.16. The van der Waals surface area contributed by atoms with Gasteiger partial charge in [0.15, 0.2) is 0 Å². The van der Waals surface area contributed by atoms with Crippen molar-refractivity contribution in [2.24, 2.45) is 0 Å². The van der Waals surface area contributed by atoms with Crippen LogP contribution in [-0.2, 0) is 9.53 Å². The van der Waals surface area contributed by atoms with E-state index < -0.39 is 5.97 Å². The largest absolute Gasteiger partial charge is 0.494 e.